The van der Waals surface area contributed by atoms with Crippen LogP contribution in [0.15, 0.2) is 54.9 Å². The van der Waals surface area contributed by atoms with Gasteiger partial charge in [-0.05, 0) is 56.0 Å². The molecule has 2 heterocycles. The minimum Gasteiger partial charge on any atom is -0.496 e. The number of benzene rings is 2. The van der Waals surface area contributed by atoms with Crippen molar-refractivity contribution < 1.29 is 19.0 Å². The smallest absolute Gasteiger partial charge is 0.340 e. The third-order valence-electron chi connectivity index (χ3n) is 8.65. The molecule has 0 amide bonds. The van der Waals surface area contributed by atoms with Crippen molar-refractivity contribution >= 4 is 17.3 Å². The first-order valence-corrected chi connectivity index (χ1v) is 16.5. The second kappa shape index (κ2) is 15.8. The van der Waals surface area contributed by atoms with Gasteiger partial charge >= 0.3 is 5.97 Å². The summed E-state index contributed by atoms with van der Waals surface area (Å²) in [4.78, 5) is 22.8. The van der Waals surface area contributed by atoms with Gasteiger partial charge in [-0.15, -0.1) is 0 Å². The number of nitrogens with zero attached hydrogens (tertiary/aromatic N) is 3. The van der Waals surface area contributed by atoms with Crippen molar-refractivity contribution in [3.8, 4) is 11.5 Å². The van der Waals surface area contributed by atoms with Gasteiger partial charge in [0.05, 0.1) is 19.8 Å². The molecule has 1 aliphatic heterocycles. The summed E-state index contributed by atoms with van der Waals surface area (Å²) >= 11 is 0. The number of carbonyl (C=O) groups is 1. The average Bonchev–Trinajstić information content (AvgIpc) is 3.37. The summed E-state index contributed by atoms with van der Waals surface area (Å²) in [6, 6.07) is 14.3. The fourth-order valence-electron chi connectivity index (χ4n) is 6.12. The highest BCUT2D eigenvalue weighted by Gasteiger charge is 2.52. The van der Waals surface area contributed by atoms with E-state index in [1.165, 1.54) is 0 Å². The average molecular weight is 602 g/mol. The first kappa shape index (κ1) is 33.2. The van der Waals surface area contributed by atoms with Gasteiger partial charge in [-0.2, -0.15) is 0 Å². The van der Waals surface area contributed by atoms with Crippen molar-refractivity contribution in [1.29, 1.82) is 0 Å². The van der Waals surface area contributed by atoms with Crippen LogP contribution in [0.3, 0.4) is 0 Å². The molecule has 1 aliphatic rings. The molecule has 1 aromatic heterocycles. The number of hydrogen-bond donors (Lipinski definition) is 0. The van der Waals surface area contributed by atoms with E-state index < -0.39 is 5.60 Å². The van der Waals surface area contributed by atoms with E-state index in [1.807, 2.05) is 0 Å². The van der Waals surface area contributed by atoms with E-state index in [4.69, 9.17) is 14.2 Å². The second-order valence-corrected chi connectivity index (χ2v) is 11.6. The highest BCUT2D eigenvalue weighted by Crippen LogP contribution is 2.53. The Balaban J connectivity index is 1.90. The van der Waals surface area contributed by atoms with E-state index in [9.17, 15) is 4.79 Å². The van der Waals surface area contributed by atoms with Crippen LogP contribution >= 0.6 is 0 Å². The molecule has 0 N–H and O–H groups in total. The van der Waals surface area contributed by atoms with E-state index >= 15 is 0 Å². The Bertz CT molecular complexity index is 1290. The zero-order valence-electron chi connectivity index (χ0n) is 27.7. The lowest BCUT2D eigenvalue weighted by molar-refractivity contribution is 0.0238. The predicted octanol–water partition coefficient (Wildman–Crippen LogP) is 8.37. The molecular weight excluding hydrogens is 550 g/mol. The lowest BCUT2D eigenvalue weighted by Gasteiger charge is -2.34. The van der Waals surface area contributed by atoms with Crippen molar-refractivity contribution in [2.75, 3.05) is 50.2 Å². The van der Waals surface area contributed by atoms with Crippen LogP contribution < -0.4 is 19.3 Å². The largest absolute Gasteiger partial charge is 0.496 e. The number of rotatable bonds is 18. The van der Waals surface area contributed by atoms with Crippen LogP contribution in [0.2, 0.25) is 0 Å². The van der Waals surface area contributed by atoms with E-state index in [2.05, 4.69) is 78.9 Å². The van der Waals surface area contributed by atoms with Crippen molar-refractivity contribution in [1.82, 2.24) is 4.98 Å². The normalized spacial score (nSPS) is 13.4. The number of cyclic esters (lactones) is 1. The minimum absolute atomic E-state index is 0.389. The summed E-state index contributed by atoms with van der Waals surface area (Å²) in [5.41, 5.74) is 3.58. The maximum atomic E-state index is 13.5. The topological polar surface area (TPSA) is 64.1 Å². The molecule has 0 bridgehead atoms. The maximum absolute atomic E-state index is 13.5. The van der Waals surface area contributed by atoms with Gasteiger partial charge < -0.3 is 24.0 Å². The number of anilines is 2. The van der Waals surface area contributed by atoms with Gasteiger partial charge in [-0.1, -0.05) is 53.4 Å². The van der Waals surface area contributed by atoms with E-state index in [0.29, 0.717) is 22.6 Å². The maximum Gasteiger partial charge on any atom is 0.340 e. The zero-order chi connectivity index (χ0) is 31.5. The molecule has 0 fully saturated rings. The summed E-state index contributed by atoms with van der Waals surface area (Å²) in [5, 5.41) is 0. The van der Waals surface area contributed by atoms with Crippen molar-refractivity contribution in [3.63, 3.8) is 0 Å². The van der Waals surface area contributed by atoms with E-state index in [0.717, 1.165) is 100 Å². The molecule has 238 valence electrons. The minimum atomic E-state index is -1.29. The Hall–Kier alpha value is -3.74. The first-order chi connectivity index (χ1) is 21.5. The molecule has 7 heteroatoms. The van der Waals surface area contributed by atoms with Crippen LogP contribution in [0.25, 0.3) is 0 Å². The Morgan fingerprint density at radius 2 is 1.14 bits per heavy atom. The van der Waals surface area contributed by atoms with Crippen LogP contribution in [-0.2, 0) is 10.3 Å². The fourth-order valence-corrected chi connectivity index (χ4v) is 6.12. The molecule has 4 rings (SSSR count). The van der Waals surface area contributed by atoms with Gasteiger partial charge in [-0.3, -0.25) is 4.98 Å². The first-order valence-electron chi connectivity index (χ1n) is 16.5. The zero-order valence-corrected chi connectivity index (χ0v) is 27.7. The number of pyridine rings is 1. The molecule has 0 unspecified atom stereocenters. The lowest BCUT2D eigenvalue weighted by atomic mass is 9.79. The van der Waals surface area contributed by atoms with E-state index in [1.54, 1.807) is 32.7 Å². The predicted molar refractivity (Wildman–Crippen MR) is 180 cm³/mol. The Morgan fingerprint density at radius 1 is 0.682 bits per heavy atom. The van der Waals surface area contributed by atoms with E-state index in [-0.39, 0.29) is 5.97 Å². The number of aromatic nitrogens is 1. The SMILES string of the molecule is CCCCN(CCCC)c1ccc(C2(c3ccc(N(CCCC)CCCC)cc3OC)OC(=O)c3ccncc32)c(OC)c1. The molecule has 7 nitrogen and oxygen atoms in total. The number of carbonyl (C=O) groups excluding carboxylic acids is 1. The van der Waals surface area contributed by atoms with Crippen LogP contribution in [0.1, 0.15) is 106 Å². The highest BCUT2D eigenvalue weighted by atomic mass is 16.6. The fraction of sp³-hybridized carbons (Fsp3) is 0.514. The van der Waals surface area contributed by atoms with Gasteiger partial charge in [0, 0.05) is 78.8 Å². The monoisotopic (exact) mass is 601 g/mol. The number of unbranched alkanes of at least 4 members (excludes halogenated alkanes) is 4. The van der Waals surface area contributed by atoms with Gasteiger partial charge in [0.25, 0.3) is 0 Å². The van der Waals surface area contributed by atoms with Gasteiger partial charge in [0.1, 0.15) is 11.5 Å². The summed E-state index contributed by atoms with van der Waals surface area (Å²) in [5.74, 6) is 0.923. The number of fused-ring (bicyclic) bond motifs is 1. The molecule has 44 heavy (non-hydrogen) atoms. The molecular formula is C37H51N3O4. The number of methoxy groups -OCH3 is 2. The molecule has 2 aromatic carbocycles. The summed E-state index contributed by atoms with van der Waals surface area (Å²) < 4.78 is 18.7. The van der Waals surface area contributed by atoms with Crippen molar-refractivity contribution in [2.45, 2.75) is 84.7 Å². The molecule has 3 aromatic rings. The lowest BCUT2D eigenvalue weighted by Crippen LogP contribution is -2.32. The molecule has 0 spiro atoms. The molecule has 0 saturated carbocycles. The van der Waals surface area contributed by atoms with Crippen LogP contribution in [0.5, 0.6) is 11.5 Å². The molecule has 0 aliphatic carbocycles. The highest BCUT2D eigenvalue weighted by molar-refractivity contribution is 5.96. The Morgan fingerprint density at radius 3 is 1.55 bits per heavy atom. The van der Waals surface area contributed by atoms with Crippen molar-refractivity contribution in [3.05, 3.63) is 77.1 Å². The van der Waals surface area contributed by atoms with Gasteiger partial charge in [-0.25, -0.2) is 4.79 Å². The summed E-state index contributed by atoms with van der Waals surface area (Å²) in [6.45, 7) is 12.8. The van der Waals surface area contributed by atoms with Gasteiger partial charge in [0.2, 0.25) is 0 Å². The Labute approximate surface area is 264 Å². The number of hydrogen-bond acceptors (Lipinski definition) is 7. The standard InChI is InChI=1S/C37H51N3O4/c1-7-11-21-39(22-12-8-2)28-15-17-31(34(25-28)42-5)37(33-27-38-20-19-30(33)36(41)44-37)32-18-16-29(26-35(32)43-6)40(23-13-9-3)24-14-10-4/h15-20,25-27H,7-14,21-24H2,1-6H3. The summed E-state index contributed by atoms with van der Waals surface area (Å²) in [7, 11) is 3.36. The number of ether oxygens (including phenoxy) is 3. The molecule has 0 radical (unpaired) electrons. The van der Waals surface area contributed by atoms with Crippen LogP contribution in [-0.4, -0.2) is 51.4 Å². The molecule has 0 atom stereocenters. The second-order valence-electron chi connectivity index (χ2n) is 11.6. The number of esters is 1. The van der Waals surface area contributed by atoms with Gasteiger partial charge in [0.15, 0.2) is 5.60 Å². The third kappa shape index (κ3) is 6.82. The van der Waals surface area contributed by atoms with Crippen LogP contribution in [0.4, 0.5) is 11.4 Å². The Kier molecular flexibility index (Phi) is 11.9. The quantitative estimate of drug-likeness (QED) is 0.136. The summed E-state index contributed by atoms with van der Waals surface area (Å²) in [6.07, 6.45) is 12.4. The van der Waals surface area contributed by atoms with Crippen molar-refractivity contribution in [2.24, 2.45) is 0 Å². The molecule has 0 saturated heterocycles. The third-order valence-corrected chi connectivity index (χ3v) is 8.65. The van der Waals surface area contributed by atoms with Crippen LogP contribution in [0, 0.1) is 0 Å².